The number of ether oxygens (including phenoxy) is 3. The summed E-state index contributed by atoms with van der Waals surface area (Å²) in [4.78, 5) is 12.9. The first-order chi connectivity index (χ1) is 12.5. The Morgan fingerprint density at radius 1 is 1.00 bits per heavy atom. The number of carbonyl (C=O) groups is 1. The quantitative estimate of drug-likeness (QED) is 0.182. The standard InChI is InChI=1S/C8H18N4O3.C7H6O4/c9-1-3-13-5-7-15-8-6-14-4-2-11-12-10;8-5-1-4(7(10)11)2-6(9)3-5/h1-9H2;1-3,8-9H,(H,10,11). The van der Waals surface area contributed by atoms with E-state index >= 15 is 0 Å². The first kappa shape index (κ1) is 23.4. The molecule has 11 heteroatoms. The fourth-order valence-corrected chi connectivity index (χ4v) is 1.49. The SMILES string of the molecule is O=C(O)c1cc(O)cc(O)c1.[N-]=[N+]=NCCOCCOCCOCCN. The Hall–Kier alpha value is -2.56. The molecule has 0 aliphatic rings. The molecule has 0 bridgehead atoms. The first-order valence-electron chi connectivity index (χ1n) is 7.71. The molecule has 1 aromatic rings. The number of nitrogens with zero attached hydrogens (tertiary/aromatic N) is 3. The normalized spacial score (nSPS) is 9.73. The van der Waals surface area contributed by atoms with Gasteiger partial charge < -0.3 is 35.3 Å². The highest BCUT2D eigenvalue weighted by Gasteiger charge is 2.04. The lowest BCUT2D eigenvalue weighted by molar-refractivity contribution is 0.0175. The maximum absolute atomic E-state index is 10.3. The number of benzene rings is 1. The van der Waals surface area contributed by atoms with Gasteiger partial charge in [0, 0.05) is 24.1 Å². The molecular formula is C15H24N4O7. The van der Waals surface area contributed by atoms with Gasteiger partial charge in [-0.2, -0.15) is 0 Å². The van der Waals surface area contributed by atoms with Gasteiger partial charge in [-0.3, -0.25) is 0 Å². The first-order valence-corrected chi connectivity index (χ1v) is 7.71. The van der Waals surface area contributed by atoms with Gasteiger partial charge in [0.2, 0.25) is 0 Å². The summed E-state index contributed by atoms with van der Waals surface area (Å²) < 4.78 is 15.4. The van der Waals surface area contributed by atoms with E-state index in [2.05, 4.69) is 10.0 Å². The van der Waals surface area contributed by atoms with Crippen molar-refractivity contribution in [3.8, 4) is 11.5 Å². The number of aromatic hydroxyl groups is 2. The monoisotopic (exact) mass is 372 g/mol. The minimum atomic E-state index is -1.18. The second-order valence-electron chi connectivity index (χ2n) is 4.62. The van der Waals surface area contributed by atoms with E-state index in [0.717, 1.165) is 18.2 Å². The van der Waals surface area contributed by atoms with Crippen LogP contribution in [0.4, 0.5) is 0 Å². The number of nitrogens with two attached hydrogens (primary N) is 1. The van der Waals surface area contributed by atoms with Crippen molar-refractivity contribution in [2.75, 3.05) is 52.7 Å². The van der Waals surface area contributed by atoms with E-state index in [1.54, 1.807) is 0 Å². The predicted octanol–water partition coefficient (Wildman–Crippen LogP) is 1.10. The Morgan fingerprint density at radius 2 is 1.50 bits per heavy atom. The summed E-state index contributed by atoms with van der Waals surface area (Å²) in [6.45, 7) is 3.98. The van der Waals surface area contributed by atoms with Gasteiger partial charge in [0.15, 0.2) is 0 Å². The van der Waals surface area contributed by atoms with Crippen molar-refractivity contribution in [2.45, 2.75) is 0 Å². The summed E-state index contributed by atoms with van der Waals surface area (Å²) in [6, 6.07) is 3.18. The molecule has 146 valence electrons. The van der Waals surface area contributed by atoms with Gasteiger partial charge in [-0.1, -0.05) is 5.11 Å². The molecule has 1 rings (SSSR count). The van der Waals surface area contributed by atoms with Crippen molar-refractivity contribution in [3.63, 3.8) is 0 Å². The molecule has 0 atom stereocenters. The summed E-state index contributed by atoms with van der Waals surface area (Å²) in [6.07, 6.45) is 0. The third-order valence-electron chi connectivity index (χ3n) is 2.55. The third kappa shape index (κ3) is 13.8. The van der Waals surface area contributed by atoms with E-state index in [4.69, 9.17) is 40.8 Å². The molecule has 1 aromatic carbocycles. The number of phenolic OH excluding ortho intramolecular Hbond substituents is 2. The number of rotatable bonds is 12. The van der Waals surface area contributed by atoms with E-state index in [9.17, 15) is 4.79 Å². The average Bonchev–Trinajstić information content (AvgIpc) is 2.59. The number of azide groups is 1. The van der Waals surface area contributed by atoms with Crippen LogP contribution in [0.1, 0.15) is 10.4 Å². The molecule has 0 aliphatic heterocycles. The summed E-state index contributed by atoms with van der Waals surface area (Å²) in [7, 11) is 0. The molecule has 0 heterocycles. The molecule has 11 nitrogen and oxygen atoms in total. The maximum atomic E-state index is 10.3. The van der Waals surface area contributed by atoms with Crippen LogP contribution < -0.4 is 5.73 Å². The molecule has 0 spiro atoms. The molecule has 0 aromatic heterocycles. The van der Waals surface area contributed by atoms with Gasteiger partial charge in [-0.15, -0.1) is 0 Å². The van der Waals surface area contributed by atoms with Crippen molar-refractivity contribution >= 4 is 5.97 Å². The summed E-state index contributed by atoms with van der Waals surface area (Å²) >= 11 is 0. The zero-order chi connectivity index (χ0) is 19.6. The minimum Gasteiger partial charge on any atom is -0.508 e. The molecule has 0 fully saturated rings. The fraction of sp³-hybridized carbons (Fsp3) is 0.533. The number of hydrogen-bond acceptors (Lipinski definition) is 8. The Labute approximate surface area is 150 Å². The van der Waals surface area contributed by atoms with Crippen molar-refractivity contribution in [3.05, 3.63) is 34.2 Å². The van der Waals surface area contributed by atoms with Crippen LogP contribution in [0.2, 0.25) is 0 Å². The zero-order valence-electron chi connectivity index (χ0n) is 14.3. The van der Waals surface area contributed by atoms with Gasteiger partial charge >= 0.3 is 5.97 Å². The minimum absolute atomic E-state index is 0.137. The Bertz CT molecular complexity index is 545. The second kappa shape index (κ2) is 15.9. The lowest BCUT2D eigenvalue weighted by Gasteiger charge is -2.05. The van der Waals surface area contributed by atoms with Crippen molar-refractivity contribution in [1.29, 1.82) is 0 Å². The van der Waals surface area contributed by atoms with E-state index in [1.807, 2.05) is 0 Å². The van der Waals surface area contributed by atoms with Crippen molar-refractivity contribution < 1.29 is 34.3 Å². The number of aromatic carboxylic acids is 1. The smallest absolute Gasteiger partial charge is 0.335 e. The van der Waals surface area contributed by atoms with E-state index in [1.165, 1.54) is 0 Å². The Kier molecular flexibility index (Phi) is 14.4. The molecule has 5 N–H and O–H groups in total. The van der Waals surface area contributed by atoms with Crippen molar-refractivity contribution in [2.24, 2.45) is 10.8 Å². The van der Waals surface area contributed by atoms with E-state index in [-0.39, 0.29) is 17.1 Å². The van der Waals surface area contributed by atoms with Crippen LogP contribution in [0.3, 0.4) is 0 Å². The van der Waals surface area contributed by atoms with Crippen LogP contribution in [-0.2, 0) is 14.2 Å². The van der Waals surface area contributed by atoms with E-state index < -0.39 is 5.97 Å². The van der Waals surface area contributed by atoms with Crippen LogP contribution in [0.25, 0.3) is 10.4 Å². The molecule has 26 heavy (non-hydrogen) atoms. The van der Waals surface area contributed by atoms with Gasteiger partial charge in [-0.25, -0.2) is 4.79 Å². The second-order valence-corrected chi connectivity index (χ2v) is 4.62. The van der Waals surface area contributed by atoms with Gasteiger partial charge in [0.25, 0.3) is 0 Å². The number of phenols is 2. The van der Waals surface area contributed by atoms with Crippen LogP contribution in [0, 0.1) is 0 Å². The molecule has 0 amide bonds. The molecule has 0 saturated heterocycles. The lowest BCUT2D eigenvalue weighted by atomic mass is 10.2. The van der Waals surface area contributed by atoms with Gasteiger partial charge in [-0.05, 0) is 17.7 Å². The maximum Gasteiger partial charge on any atom is 0.335 e. The molecule has 0 aliphatic carbocycles. The summed E-state index contributed by atoms with van der Waals surface area (Å²) in [5, 5.41) is 29.4. The fourth-order valence-electron chi connectivity index (χ4n) is 1.49. The highest BCUT2D eigenvalue weighted by Crippen LogP contribution is 2.19. The van der Waals surface area contributed by atoms with Crippen molar-refractivity contribution in [1.82, 2.24) is 0 Å². The highest BCUT2D eigenvalue weighted by atomic mass is 16.5. The van der Waals surface area contributed by atoms with E-state index in [0.29, 0.717) is 52.7 Å². The Balaban J connectivity index is 0.000000502. The van der Waals surface area contributed by atoms with Gasteiger partial charge in [0.05, 0.1) is 45.2 Å². The van der Waals surface area contributed by atoms with Crippen LogP contribution in [0.15, 0.2) is 23.3 Å². The number of carboxylic acid groups (broad SMARTS) is 1. The highest BCUT2D eigenvalue weighted by molar-refractivity contribution is 5.88. The topological polar surface area (TPSA) is 180 Å². The van der Waals surface area contributed by atoms with Crippen LogP contribution in [-0.4, -0.2) is 74.0 Å². The molecule has 0 saturated carbocycles. The Morgan fingerprint density at radius 3 is 1.96 bits per heavy atom. The molecular weight excluding hydrogens is 348 g/mol. The largest absolute Gasteiger partial charge is 0.508 e. The van der Waals surface area contributed by atoms with Crippen LogP contribution >= 0.6 is 0 Å². The number of hydrogen-bond donors (Lipinski definition) is 4. The average molecular weight is 372 g/mol. The third-order valence-corrected chi connectivity index (χ3v) is 2.55. The summed E-state index contributed by atoms with van der Waals surface area (Å²) in [5.74, 6) is -1.71. The molecule has 0 radical (unpaired) electrons. The summed E-state index contributed by atoms with van der Waals surface area (Å²) in [5.41, 5.74) is 13.1. The lowest BCUT2D eigenvalue weighted by Crippen LogP contribution is -2.13. The van der Waals surface area contributed by atoms with Gasteiger partial charge in [0.1, 0.15) is 11.5 Å². The predicted molar refractivity (Wildman–Crippen MR) is 92.3 cm³/mol. The van der Waals surface area contributed by atoms with Crippen LogP contribution in [0.5, 0.6) is 11.5 Å². The molecule has 0 unspecified atom stereocenters. The number of carboxylic acids is 1. The zero-order valence-corrected chi connectivity index (χ0v) is 14.3.